The van der Waals surface area contributed by atoms with Crippen molar-refractivity contribution in [3.8, 4) is 0 Å². The number of ether oxygens (including phenoxy) is 1. The van der Waals surface area contributed by atoms with Gasteiger partial charge in [-0.1, -0.05) is 36.4 Å². The Kier molecular flexibility index (Phi) is 4.16. The van der Waals surface area contributed by atoms with Crippen LogP contribution < -0.4 is 10.6 Å². The van der Waals surface area contributed by atoms with Gasteiger partial charge in [-0.15, -0.1) is 0 Å². The van der Waals surface area contributed by atoms with E-state index >= 15 is 0 Å². The molecule has 1 aliphatic heterocycles. The quantitative estimate of drug-likeness (QED) is 0.804. The Hall–Kier alpha value is -1.21. The topological polar surface area (TPSA) is 12.5 Å². The number of nitrogens with zero attached hydrogens (tertiary/aromatic N) is 1. The average Bonchev–Trinajstić information content (AvgIpc) is 2.56. The van der Waals surface area contributed by atoms with E-state index < -0.39 is 7.41 Å². The van der Waals surface area contributed by atoms with E-state index in [4.69, 9.17) is 4.74 Å². The molecule has 1 aliphatic rings. The summed E-state index contributed by atoms with van der Waals surface area (Å²) in [5.74, 6) is 0. The van der Waals surface area contributed by atoms with E-state index in [9.17, 15) is 0 Å². The molecule has 104 valence electrons. The van der Waals surface area contributed by atoms with E-state index in [0.717, 1.165) is 26.3 Å². The summed E-state index contributed by atoms with van der Waals surface area (Å²) in [5.41, 5.74) is 0. The first kappa shape index (κ1) is 13.8. The van der Waals surface area contributed by atoms with Gasteiger partial charge in [0.1, 0.15) is 18.0 Å². The SMILES string of the molecule is C[P+](c1ccccc1)(c1ccccc1)N1CCOCC1. The van der Waals surface area contributed by atoms with E-state index in [1.165, 1.54) is 10.6 Å². The maximum atomic E-state index is 5.54. The molecule has 1 heterocycles. The van der Waals surface area contributed by atoms with Crippen molar-refractivity contribution in [3.05, 3.63) is 60.7 Å². The van der Waals surface area contributed by atoms with Crippen molar-refractivity contribution < 1.29 is 4.74 Å². The lowest BCUT2D eigenvalue weighted by Gasteiger charge is -2.36. The second-order valence-corrected chi connectivity index (χ2v) is 8.71. The van der Waals surface area contributed by atoms with Gasteiger partial charge in [-0.2, -0.15) is 4.67 Å². The highest BCUT2D eigenvalue weighted by atomic mass is 31.2. The van der Waals surface area contributed by atoms with Crippen LogP contribution in [0.5, 0.6) is 0 Å². The van der Waals surface area contributed by atoms with Crippen molar-refractivity contribution in [2.24, 2.45) is 0 Å². The molecule has 0 spiro atoms. The van der Waals surface area contributed by atoms with Gasteiger partial charge in [0.25, 0.3) is 0 Å². The molecule has 0 saturated carbocycles. The van der Waals surface area contributed by atoms with Crippen LogP contribution in [0.4, 0.5) is 0 Å². The van der Waals surface area contributed by atoms with E-state index in [0.29, 0.717) is 0 Å². The van der Waals surface area contributed by atoms with Crippen molar-refractivity contribution in [3.63, 3.8) is 0 Å². The average molecular weight is 286 g/mol. The molecule has 0 bridgehead atoms. The van der Waals surface area contributed by atoms with Gasteiger partial charge in [-0.25, -0.2) is 0 Å². The zero-order valence-corrected chi connectivity index (χ0v) is 12.8. The normalized spacial score (nSPS) is 17.1. The fourth-order valence-corrected chi connectivity index (χ4v) is 6.29. The predicted octanol–water partition coefficient (Wildman–Crippen LogP) is 2.53. The molecule has 20 heavy (non-hydrogen) atoms. The lowest BCUT2D eigenvalue weighted by atomic mass is 10.4. The molecule has 0 atom stereocenters. The second kappa shape index (κ2) is 6.05. The molecular weight excluding hydrogens is 265 g/mol. The standard InChI is InChI=1S/C17H21NOP/c1-20(16-8-4-2-5-9-16,17-10-6-3-7-11-17)18-12-14-19-15-13-18/h2-11H,12-15H2,1H3/q+1. The summed E-state index contributed by atoms with van der Waals surface area (Å²) in [5, 5.41) is 2.90. The van der Waals surface area contributed by atoms with Crippen LogP contribution >= 0.6 is 7.41 Å². The zero-order valence-electron chi connectivity index (χ0n) is 11.9. The predicted molar refractivity (Wildman–Crippen MR) is 87.4 cm³/mol. The number of rotatable bonds is 3. The molecular formula is C17H21NOP+. The minimum Gasteiger partial charge on any atom is -0.379 e. The van der Waals surface area contributed by atoms with E-state index in [1.54, 1.807) is 0 Å². The fourth-order valence-electron chi connectivity index (χ4n) is 2.87. The van der Waals surface area contributed by atoms with Gasteiger partial charge in [0.05, 0.1) is 33.0 Å². The van der Waals surface area contributed by atoms with E-state index in [1.807, 2.05) is 0 Å². The van der Waals surface area contributed by atoms with Crippen molar-refractivity contribution >= 4 is 18.0 Å². The van der Waals surface area contributed by atoms with Crippen LogP contribution in [0.1, 0.15) is 0 Å². The molecule has 0 aromatic heterocycles. The van der Waals surface area contributed by atoms with Crippen molar-refractivity contribution in [1.82, 2.24) is 4.67 Å². The smallest absolute Gasteiger partial charge is 0.145 e. The number of hydrogen-bond donors (Lipinski definition) is 0. The minimum atomic E-state index is -1.50. The Morgan fingerprint density at radius 1 is 0.800 bits per heavy atom. The van der Waals surface area contributed by atoms with Crippen LogP contribution in [0, 0.1) is 0 Å². The monoisotopic (exact) mass is 286 g/mol. The molecule has 2 nitrogen and oxygen atoms in total. The number of benzene rings is 2. The summed E-state index contributed by atoms with van der Waals surface area (Å²) in [6.07, 6.45) is 0. The lowest BCUT2D eigenvalue weighted by molar-refractivity contribution is 0.0746. The first-order chi connectivity index (χ1) is 9.82. The molecule has 0 amide bonds. The first-order valence-corrected chi connectivity index (χ1v) is 9.31. The van der Waals surface area contributed by atoms with Crippen LogP contribution in [-0.2, 0) is 4.74 Å². The summed E-state index contributed by atoms with van der Waals surface area (Å²) >= 11 is 0. The van der Waals surface area contributed by atoms with Gasteiger partial charge in [0, 0.05) is 0 Å². The summed E-state index contributed by atoms with van der Waals surface area (Å²) in [4.78, 5) is 0. The van der Waals surface area contributed by atoms with Crippen molar-refractivity contribution in [2.45, 2.75) is 0 Å². The highest BCUT2D eigenvalue weighted by Gasteiger charge is 2.44. The van der Waals surface area contributed by atoms with E-state index in [2.05, 4.69) is 72.0 Å². The van der Waals surface area contributed by atoms with E-state index in [-0.39, 0.29) is 0 Å². The van der Waals surface area contributed by atoms with Crippen molar-refractivity contribution in [1.29, 1.82) is 0 Å². The Balaban J connectivity index is 2.07. The molecule has 3 heteroatoms. The Morgan fingerprint density at radius 2 is 1.25 bits per heavy atom. The molecule has 3 rings (SSSR count). The Labute approximate surface area is 121 Å². The molecule has 2 aromatic rings. The first-order valence-electron chi connectivity index (χ1n) is 7.13. The summed E-state index contributed by atoms with van der Waals surface area (Å²) in [6, 6.07) is 21.9. The molecule has 1 saturated heterocycles. The molecule has 1 fully saturated rings. The van der Waals surface area contributed by atoms with Gasteiger partial charge >= 0.3 is 0 Å². The van der Waals surface area contributed by atoms with Crippen LogP contribution in [0.3, 0.4) is 0 Å². The van der Waals surface area contributed by atoms with Gasteiger partial charge in [-0.05, 0) is 24.3 Å². The van der Waals surface area contributed by atoms with Crippen LogP contribution in [-0.4, -0.2) is 37.6 Å². The maximum Gasteiger partial charge on any atom is 0.145 e. The number of hydrogen-bond acceptors (Lipinski definition) is 2. The summed E-state index contributed by atoms with van der Waals surface area (Å²) in [7, 11) is -1.50. The molecule has 0 aliphatic carbocycles. The Morgan fingerprint density at radius 3 is 1.70 bits per heavy atom. The molecule has 0 unspecified atom stereocenters. The summed E-state index contributed by atoms with van der Waals surface area (Å²) < 4.78 is 8.18. The van der Waals surface area contributed by atoms with Crippen LogP contribution in [0.15, 0.2) is 60.7 Å². The fraction of sp³-hybridized carbons (Fsp3) is 0.294. The highest BCUT2D eigenvalue weighted by Crippen LogP contribution is 2.56. The van der Waals surface area contributed by atoms with Crippen LogP contribution in [0.25, 0.3) is 0 Å². The Bertz CT molecular complexity index is 498. The molecule has 2 aromatic carbocycles. The third kappa shape index (κ3) is 2.52. The minimum absolute atomic E-state index is 0.843. The highest BCUT2D eigenvalue weighted by molar-refractivity contribution is 7.86. The third-order valence-electron chi connectivity index (χ3n) is 4.07. The summed E-state index contributed by atoms with van der Waals surface area (Å²) in [6.45, 7) is 6.16. The van der Waals surface area contributed by atoms with Gasteiger partial charge in [-0.3, -0.25) is 0 Å². The molecule has 0 N–H and O–H groups in total. The maximum absolute atomic E-state index is 5.54. The number of morpholine rings is 1. The largest absolute Gasteiger partial charge is 0.379 e. The van der Waals surface area contributed by atoms with Crippen LogP contribution in [0.2, 0.25) is 0 Å². The lowest BCUT2D eigenvalue weighted by Crippen LogP contribution is -2.43. The van der Waals surface area contributed by atoms with Gasteiger partial charge in [0.2, 0.25) is 0 Å². The molecule has 0 radical (unpaired) electrons. The second-order valence-electron chi connectivity index (χ2n) is 5.20. The van der Waals surface area contributed by atoms with Crippen molar-refractivity contribution in [2.75, 3.05) is 33.0 Å². The van der Waals surface area contributed by atoms with Gasteiger partial charge < -0.3 is 4.74 Å². The zero-order chi connectivity index (χ0) is 13.8. The third-order valence-corrected chi connectivity index (χ3v) is 8.21. The van der Waals surface area contributed by atoms with Gasteiger partial charge in [0.15, 0.2) is 0 Å².